The molecule has 0 aliphatic rings. The fourth-order valence-electron chi connectivity index (χ4n) is 1.86. The summed E-state index contributed by atoms with van der Waals surface area (Å²) in [5, 5.41) is 0. The van der Waals surface area contributed by atoms with Crippen molar-refractivity contribution in [1.29, 1.82) is 0 Å². The van der Waals surface area contributed by atoms with Crippen LogP contribution in [0.4, 0.5) is 0 Å². The molecule has 0 fully saturated rings. The molecule has 0 aromatic carbocycles. The highest BCUT2D eigenvalue weighted by Crippen LogP contribution is 2.11. The van der Waals surface area contributed by atoms with Gasteiger partial charge in [-0.1, -0.05) is 40.5 Å². The summed E-state index contributed by atoms with van der Waals surface area (Å²) < 4.78 is 10.5. The lowest BCUT2D eigenvalue weighted by atomic mass is 10.1. The lowest BCUT2D eigenvalue weighted by Crippen LogP contribution is -2.18. The Bertz CT molecular complexity index is 268. The topological polar surface area (TPSA) is 52.6 Å². The molecule has 0 bridgehead atoms. The van der Waals surface area contributed by atoms with Gasteiger partial charge < -0.3 is 9.47 Å². The van der Waals surface area contributed by atoms with Gasteiger partial charge in [-0.25, -0.2) is 0 Å². The molecule has 118 valence electrons. The molecule has 0 aliphatic carbocycles. The Labute approximate surface area is 123 Å². The van der Waals surface area contributed by atoms with Crippen LogP contribution in [-0.4, -0.2) is 24.6 Å². The fourth-order valence-corrected chi connectivity index (χ4v) is 1.86. The van der Waals surface area contributed by atoms with Crippen LogP contribution in [0.15, 0.2) is 0 Å². The summed E-state index contributed by atoms with van der Waals surface area (Å²) in [6.07, 6.45) is 4.96. The zero-order valence-corrected chi connectivity index (χ0v) is 13.4. The Morgan fingerprint density at radius 2 is 1.50 bits per heavy atom. The van der Waals surface area contributed by atoms with Crippen molar-refractivity contribution in [1.82, 2.24) is 0 Å². The summed E-state index contributed by atoms with van der Waals surface area (Å²) in [5.74, 6) is -0.0912. The number of carbonyl (C=O) groups is 2. The first-order valence-corrected chi connectivity index (χ1v) is 7.84. The molecule has 0 N–H and O–H groups in total. The van der Waals surface area contributed by atoms with Gasteiger partial charge in [0.2, 0.25) is 0 Å². The van der Waals surface area contributed by atoms with Crippen LogP contribution in [-0.2, 0) is 19.1 Å². The van der Waals surface area contributed by atoms with Crippen molar-refractivity contribution in [3.63, 3.8) is 0 Å². The van der Waals surface area contributed by atoms with E-state index in [1.54, 1.807) is 0 Å². The Hall–Kier alpha value is -1.06. The van der Waals surface area contributed by atoms with Crippen molar-refractivity contribution < 1.29 is 19.1 Å². The predicted molar refractivity (Wildman–Crippen MR) is 79.3 cm³/mol. The monoisotopic (exact) mass is 286 g/mol. The van der Waals surface area contributed by atoms with E-state index >= 15 is 0 Å². The SMILES string of the molecule is CCCC(CCC)OC(=O)CCCC(=O)OCC(C)C. The quantitative estimate of drug-likeness (QED) is 0.541. The summed E-state index contributed by atoms with van der Waals surface area (Å²) in [5.41, 5.74) is 0. The van der Waals surface area contributed by atoms with E-state index in [9.17, 15) is 9.59 Å². The molecule has 0 saturated carbocycles. The van der Waals surface area contributed by atoms with Crippen LogP contribution in [0, 0.1) is 5.92 Å². The van der Waals surface area contributed by atoms with Gasteiger partial charge in [0.05, 0.1) is 6.61 Å². The maximum Gasteiger partial charge on any atom is 0.306 e. The molecule has 0 aliphatic heterocycles. The average Bonchev–Trinajstić information content (AvgIpc) is 2.37. The molecule has 0 aromatic rings. The van der Waals surface area contributed by atoms with Gasteiger partial charge in [-0.15, -0.1) is 0 Å². The first-order chi connectivity index (χ1) is 9.49. The van der Waals surface area contributed by atoms with Gasteiger partial charge in [0.25, 0.3) is 0 Å². The summed E-state index contributed by atoms with van der Waals surface area (Å²) >= 11 is 0. The fraction of sp³-hybridized carbons (Fsp3) is 0.875. The van der Waals surface area contributed by atoms with Gasteiger partial charge in [0.15, 0.2) is 0 Å². The van der Waals surface area contributed by atoms with Crippen LogP contribution in [0.25, 0.3) is 0 Å². The maximum absolute atomic E-state index is 11.7. The van der Waals surface area contributed by atoms with Gasteiger partial charge >= 0.3 is 11.9 Å². The second kappa shape index (κ2) is 11.7. The molecule has 0 aromatic heterocycles. The minimum Gasteiger partial charge on any atom is -0.465 e. The van der Waals surface area contributed by atoms with E-state index in [-0.39, 0.29) is 24.5 Å². The molecule has 4 nitrogen and oxygen atoms in total. The van der Waals surface area contributed by atoms with Crippen molar-refractivity contribution in [2.24, 2.45) is 5.92 Å². The molecule has 0 spiro atoms. The van der Waals surface area contributed by atoms with Crippen molar-refractivity contribution >= 4 is 11.9 Å². The van der Waals surface area contributed by atoms with E-state index in [1.165, 1.54) is 0 Å². The zero-order valence-electron chi connectivity index (χ0n) is 13.4. The minimum absolute atomic E-state index is 0.0328. The van der Waals surface area contributed by atoms with Crippen LogP contribution in [0.1, 0.15) is 72.6 Å². The van der Waals surface area contributed by atoms with Crippen LogP contribution >= 0.6 is 0 Å². The van der Waals surface area contributed by atoms with E-state index in [0.717, 1.165) is 25.7 Å². The standard InChI is InChI=1S/C16H30O4/c1-5-8-14(9-6-2)20-16(18)11-7-10-15(17)19-12-13(3)4/h13-14H,5-12H2,1-4H3. The third kappa shape index (κ3) is 10.8. The van der Waals surface area contributed by atoms with Crippen LogP contribution in [0.2, 0.25) is 0 Å². The smallest absolute Gasteiger partial charge is 0.306 e. The van der Waals surface area contributed by atoms with Gasteiger partial charge in [-0.3, -0.25) is 9.59 Å². The number of esters is 2. The molecular formula is C16H30O4. The largest absolute Gasteiger partial charge is 0.465 e. The second-order valence-corrected chi connectivity index (χ2v) is 5.62. The molecular weight excluding hydrogens is 256 g/mol. The van der Waals surface area contributed by atoms with Gasteiger partial charge in [0, 0.05) is 12.8 Å². The number of hydrogen-bond acceptors (Lipinski definition) is 4. The molecule has 0 unspecified atom stereocenters. The molecule has 0 amide bonds. The van der Waals surface area contributed by atoms with Crippen LogP contribution in [0.5, 0.6) is 0 Å². The second-order valence-electron chi connectivity index (χ2n) is 5.62. The first-order valence-electron chi connectivity index (χ1n) is 7.84. The summed E-state index contributed by atoms with van der Waals surface area (Å²) in [6.45, 7) is 8.60. The van der Waals surface area contributed by atoms with E-state index < -0.39 is 0 Å². The molecule has 0 atom stereocenters. The molecule has 20 heavy (non-hydrogen) atoms. The minimum atomic E-state index is -0.231. The van der Waals surface area contributed by atoms with E-state index in [1.807, 2.05) is 13.8 Å². The molecule has 0 radical (unpaired) electrons. The van der Waals surface area contributed by atoms with E-state index in [0.29, 0.717) is 25.4 Å². The highest BCUT2D eigenvalue weighted by Gasteiger charge is 2.13. The number of hydrogen-bond donors (Lipinski definition) is 0. The molecule has 0 saturated heterocycles. The third-order valence-corrected chi connectivity index (χ3v) is 2.86. The van der Waals surface area contributed by atoms with Crippen molar-refractivity contribution in [3.05, 3.63) is 0 Å². The predicted octanol–water partition coefficient (Wildman–Crippen LogP) is 3.87. The summed E-state index contributed by atoms with van der Waals surface area (Å²) in [6, 6.07) is 0. The Balaban J connectivity index is 3.78. The lowest BCUT2D eigenvalue weighted by molar-refractivity contribution is -0.150. The van der Waals surface area contributed by atoms with Gasteiger partial charge in [0.1, 0.15) is 6.10 Å². The molecule has 4 heteroatoms. The Morgan fingerprint density at radius 1 is 0.950 bits per heavy atom. The molecule has 0 rings (SSSR count). The zero-order chi connectivity index (χ0) is 15.4. The van der Waals surface area contributed by atoms with Gasteiger partial charge in [-0.05, 0) is 25.2 Å². The van der Waals surface area contributed by atoms with E-state index in [4.69, 9.17) is 9.47 Å². The van der Waals surface area contributed by atoms with Crippen LogP contribution < -0.4 is 0 Å². The van der Waals surface area contributed by atoms with Crippen molar-refractivity contribution in [3.8, 4) is 0 Å². The number of ether oxygens (including phenoxy) is 2. The Morgan fingerprint density at radius 3 is 2.00 bits per heavy atom. The summed E-state index contributed by atoms with van der Waals surface area (Å²) in [7, 11) is 0. The van der Waals surface area contributed by atoms with E-state index in [2.05, 4.69) is 13.8 Å². The molecule has 0 heterocycles. The highest BCUT2D eigenvalue weighted by atomic mass is 16.5. The highest BCUT2D eigenvalue weighted by molar-refractivity contribution is 5.72. The van der Waals surface area contributed by atoms with Gasteiger partial charge in [-0.2, -0.15) is 0 Å². The average molecular weight is 286 g/mol. The van der Waals surface area contributed by atoms with Crippen molar-refractivity contribution in [2.75, 3.05) is 6.61 Å². The van der Waals surface area contributed by atoms with Crippen LogP contribution in [0.3, 0.4) is 0 Å². The lowest BCUT2D eigenvalue weighted by Gasteiger charge is -2.16. The number of carbonyl (C=O) groups excluding carboxylic acids is 2. The maximum atomic E-state index is 11.7. The number of rotatable bonds is 11. The summed E-state index contributed by atoms with van der Waals surface area (Å²) in [4.78, 5) is 23.1. The third-order valence-electron chi connectivity index (χ3n) is 2.86. The normalized spacial score (nSPS) is 10.9. The Kier molecular flexibility index (Phi) is 11.1. The first kappa shape index (κ1) is 18.9. The van der Waals surface area contributed by atoms with Crippen molar-refractivity contribution in [2.45, 2.75) is 78.7 Å².